The van der Waals surface area contributed by atoms with Gasteiger partial charge in [-0.1, -0.05) is 30.3 Å². The third-order valence-electron chi connectivity index (χ3n) is 6.28. The molecule has 0 saturated carbocycles. The van der Waals surface area contributed by atoms with Crippen molar-refractivity contribution in [2.75, 3.05) is 0 Å². The van der Waals surface area contributed by atoms with E-state index in [4.69, 9.17) is 0 Å². The average molecular weight is 541 g/mol. The van der Waals surface area contributed by atoms with E-state index >= 15 is 0 Å². The van der Waals surface area contributed by atoms with Crippen LogP contribution >= 0.6 is 11.8 Å². The molecule has 192 valence electrons. The number of nitrogens with one attached hydrogen (secondary N) is 1. The molecule has 0 aliphatic carbocycles. The number of fused-ring (bicyclic) bond motifs is 3. The number of hydrogen-bond donors (Lipinski definition) is 1. The van der Waals surface area contributed by atoms with Gasteiger partial charge in [-0.2, -0.15) is 10.2 Å². The summed E-state index contributed by atoms with van der Waals surface area (Å²) in [5.41, 5.74) is -0.0914. The van der Waals surface area contributed by atoms with Gasteiger partial charge < -0.3 is 0 Å². The zero-order valence-electron chi connectivity index (χ0n) is 20.4. The van der Waals surface area contributed by atoms with Crippen molar-refractivity contribution in [3.05, 3.63) is 103 Å². The first kappa shape index (κ1) is 24.1. The van der Waals surface area contributed by atoms with Crippen molar-refractivity contribution in [1.82, 2.24) is 33.1 Å². The first-order valence-corrected chi connectivity index (χ1v) is 12.3. The van der Waals surface area contributed by atoms with E-state index < -0.39 is 22.6 Å². The molecule has 0 aliphatic rings. The van der Waals surface area contributed by atoms with Gasteiger partial charge in [-0.15, -0.1) is 0 Å². The van der Waals surface area contributed by atoms with E-state index in [9.17, 15) is 24.0 Å². The average Bonchev–Trinajstić information content (AvgIpc) is 3.47. The second kappa shape index (κ2) is 8.96. The molecule has 0 amide bonds. The van der Waals surface area contributed by atoms with Crippen LogP contribution < -0.4 is 16.8 Å². The molecule has 1 N–H and O–H groups in total. The molecule has 4 aromatic heterocycles. The smallest absolute Gasteiger partial charge is 0.300 e. The van der Waals surface area contributed by atoms with Crippen LogP contribution in [0.3, 0.4) is 0 Å². The zero-order chi connectivity index (χ0) is 27.4. The molecule has 0 bridgehead atoms. The van der Waals surface area contributed by atoms with Crippen LogP contribution in [-0.4, -0.2) is 33.1 Å². The summed E-state index contributed by atoms with van der Waals surface area (Å²) in [5.74, 6) is -0.150. The van der Waals surface area contributed by atoms with Crippen molar-refractivity contribution < 1.29 is 4.39 Å². The Labute approximate surface area is 222 Å². The topological polar surface area (TPSA) is 136 Å². The molecule has 0 unspecified atom stereocenters. The van der Waals surface area contributed by atoms with Crippen LogP contribution in [0.15, 0.2) is 85.4 Å². The first-order chi connectivity index (χ1) is 18.8. The highest BCUT2D eigenvalue weighted by Crippen LogP contribution is 2.32. The maximum atomic E-state index is 13.8. The van der Waals surface area contributed by atoms with Crippen LogP contribution in [0.1, 0.15) is 5.56 Å². The Morgan fingerprint density at radius 2 is 1.69 bits per heavy atom. The highest BCUT2D eigenvalue weighted by molar-refractivity contribution is 7.99. The van der Waals surface area contributed by atoms with Gasteiger partial charge >= 0.3 is 5.69 Å². The fraction of sp³-hybridized carbons (Fsp3) is 0.0769. The number of rotatable bonds is 4. The summed E-state index contributed by atoms with van der Waals surface area (Å²) in [6, 6.07) is 16.4. The number of aromatic amines is 1. The number of nitrogens with zero attached hydrogens (tertiary/aromatic N) is 7. The van der Waals surface area contributed by atoms with Gasteiger partial charge in [0.25, 0.3) is 11.1 Å². The minimum atomic E-state index is -0.604. The van der Waals surface area contributed by atoms with Gasteiger partial charge in [-0.3, -0.25) is 32.7 Å². The van der Waals surface area contributed by atoms with Crippen LogP contribution in [0.4, 0.5) is 4.39 Å². The number of hydrogen-bond acceptors (Lipinski definition) is 7. The van der Waals surface area contributed by atoms with Crippen LogP contribution in [0.25, 0.3) is 33.9 Å². The molecule has 0 radical (unpaired) electrons. The molecular formula is C26H17FN8O3S. The Kier molecular flexibility index (Phi) is 5.55. The predicted molar refractivity (Wildman–Crippen MR) is 142 cm³/mol. The lowest BCUT2D eigenvalue weighted by molar-refractivity contribution is 0.627. The summed E-state index contributed by atoms with van der Waals surface area (Å²) in [6.07, 6.45) is 1.63. The van der Waals surface area contributed by atoms with Crippen LogP contribution in [0.2, 0.25) is 0 Å². The summed E-state index contributed by atoms with van der Waals surface area (Å²) in [7, 11) is 2.90. The Morgan fingerprint density at radius 3 is 2.38 bits per heavy atom. The Hall–Kier alpha value is -5.22. The lowest BCUT2D eigenvalue weighted by Gasteiger charge is -2.10. The summed E-state index contributed by atoms with van der Waals surface area (Å²) in [5, 5.41) is 10.3. The minimum Gasteiger partial charge on any atom is -0.300 e. The number of imidazole rings is 2. The number of nitriles is 1. The molecule has 39 heavy (non-hydrogen) atoms. The predicted octanol–water partition coefficient (Wildman–Crippen LogP) is 2.59. The molecular weight excluding hydrogens is 523 g/mol. The van der Waals surface area contributed by atoms with E-state index in [0.29, 0.717) is 16.3 Å². The van der Waals surface area contributed by atoms with Crippen molar-refractivity contribution in [2.45, 2.75) is 10.2 Å². The standard InChI is InChI=1S/C26H17FN8O3S/c1-32-21-20(23(37)33(2)26(32)38)34-13-18(35(25(34)30-21)16-10-8-15(27)9-11-16)39-24-29-19(14-6-4-3-5-7-14)17(12-28)22(36)31-24/h3-11,13H,1-2H3,(H,29,31,36). The molecule has 0 spiro atoms. The van der Waals surface area contributed by atoms with E-state index in [-0.39, 0.29) is 33.4 Å². The number of halogens is 1. The van der Waals surface area contributed by atoms with E-state index in [1.54, 1.807) is 51.6 Å². The number of aromatic nitrogens is 7. The Morgan fingerprint density at radius 1 is 0.974 bits per heavy atom. The lowest BCUT2D eigenvalue weighted by Crippen LogP contribution is -2.37. The largest absolute Gasteiger partial charge is 0.332 e. The molecule has 11 nitrogen and oxygen atoms in total. The highest BCUT2D eigenvalue weighted by Gasteiger charge is 2.23. The van der Waals surface area contributed by atoms with E-state index in [2.05, 4.69) is 15.0 Å². The lowest BCUT2D eigenvalue weighted by atomic mass is 10.1. The quantitative estimate of drug-likeness (QED) is 0.340. The molecule has 4 heterocycles. The van der Waals surface area contributed by atoms with Crippen LogP contribution in [-0.2, 0) is 14.1 Å². The highest BCUT2D eigenvalue weighted by atomic mass is 32.2. The van der Waals surface area contributed by atoms with E-state index in [1.807, 2.05) is 12.1 Å². The fourth-order valence-electron chi connectivity index (χ4n) is 4.36. The van der Waals surface area contributed by atoms with E-state index in [1.165, 1.54) is 30.8 Å². The van der Waals surface area contributed by atoms with Crippen molar-refractivity contribution in [3.8, 4) is 23.0 Å². The van der Waals surface area contributed by atoms with Crippen LogP contribution in [0, 0.1) is 17.1 Å². The maximum Gasteiger partial charge on any atom is 0.332 e. The number of H-pyrrole nitrogens is 1. The van der Waals surface area contributed by atoms with Crippen molar-refractivity contribution in [3.63, 3.8) is 0 Å². The maximum absolute atomic E-state index is 13.8. The SMILES string of the molecule is Cn1c(=O)c2c(nc3n(-c4ccc(F)cc4)c(Sc4nc(-c5ccccc5)c(C#N)c(=O)[nH]4)cn23)n(C)c1=O. The zero-order valence-corrected chi connectivity index (χ0v) is 21.2. The molecule has 0 fully saturated rings. The van der Waals surface area contributed by atoms with E-state index in [0.717, 1.165) is 16.3 Å². The third-order valence-corrected chi connectivity index (χ3v) is 7.16. The number of aryl methyl sites for hydroxylation is 1. The minimum absolute atomic E-state index is 0.121. The van der Waals surface area contributed by atoms with Gasteiger partial charge in [-0.25, -0.2) is 14.2 Å². The van der Waals surface area contributed by atoms with Gasteiger partial charge in [0.15, 0.2) is 16.3 Å². The molecule has 6 aromatic rings. The van der Waals surface area contributed by atoms with Crippen LogP contribution in [0.5, 0.6) is 0 Å². The molecule has 13 heteroatoms. The van der Waals surface area contributed by atoms with Crippen molar-refractivity contribution >= 4 is 28.7 Å². The van der Waals surface area contributed by atoms with Gasteiger partial charge in [0.05, 0.1) is 5.69 Å². The molecule has 0 aliphatic heterocycles. The van der Waals surface area contributed by atoms with Gasteiger partial charge in [-0.05, 0) is 36.0 Å². The molecule has 2 aromatic carbocycles. The second-order valence-corrected chi connectivity index (χ2v) is 9.62. The monoisotopic (exact) mass is 540 g/mol. The first-order valence-electron chi connectivity index (χ1n) is 11.5. The summed E-state index contributed by atoms with van der Waals surface area (Å²) < 4.78 is 19.3. The fourth-order valence-corrected chi connectivity index (χ4v) is 5.28. The van der Waals surface area contributed by atoms with Gasteiger partial charge in [0, 0.05) is 31.5 Å². The molecule has 6 rings (SSSR count). The number of benzene rings is 2. The normalized spacial score (nSPS) is 11.3. The Balaban J connectivity index is 1.62. The van der Waals surface area contributed by atoms with Crippen molar-refractivity contribution in [1.29, 1.82) is 5.26 Å². The second-order valence-electron chi connectivity index (χ2n) is 8.61. The summed E-state index contributed by atoms with van der Waals surface area (Å²) in [4.78, 5) is 50.2. The van der Waals surface area contributed by atoms with Crippen molar-refractivity contribution in [2.24, 2.45) is 14.1 Å². The molecule has 0 saturated heterocycles. The van der Waals surface area contributed by atoms with Gasteiger partial charge in [0.2, 0.25) is 5.78 Å². The molecule has 0 atom stereocenters. The summed E-state index contributed by atoms with van der Waals surface area (Å²) >= 11 is 1.07. The summed E-state index contributed by atoms with van der Waals surface area (Å²) in [6.45, 7) is 0. The van der Waals surface area contributed by atoms with Gasteiger partial charge in [0.1, 0.15) is 22.5 Å². The third kappa shape index (κ3) is 3.77. The Bertz CT molecular complexity index is 2150.